The molecule has 0 saturated carbocycles. The highest BCUT2D eigenvalue weighted by molar-refractivity contribution is 7.94. The molecule has 1 spiro atoms. The Hall–Kier alpha value is -2.88. The van der Waals surface area contributed by atoms with E-state index in [9.17, 15) is 31.2 Å². The Balaban J connectivity index is 2.06. The van der Waals surface area contributed by atoms with E-state index in [1.807, 2.05) is 0 Å². The molecule has 2 aromatic rings. The molecular weight excluding hydrogens is 373 g/mol. The number of nitrogens with zero attached hydrogens (tertiary/aromatic N) is 1. The van der Waals surface area contributed by atoms with Crippen molar-refractivity contribution in [2.75, 3.05) is 16.0 Å². The first kappa shape index (κ1) is 16.6. The van der Waals surface area contributed by atoms with Crippen molar-refractivity contribution in [3.63, 3.8) is 0 Å². The van der Waals surface area contributed by atoms with Gasteiger partial charge in [0, 0.05) is 23.0 Å². The Kier molecular flexibility index (Phi) is 3.23. The highest BCUT2D eigenvalue weighted by atomic mass is 32.2. The van der Waals surface area contributed by atoms with E-state index in [0.717, 1.165) is 18.2 Å². The summed E-state index contributed by atoms with van der Waals surface area (Å²) >= 11 is 0. The molecule has 0 aliphatic carbocycles. The Morgan fingerprint density at radius 2 is 1.73 bits per heavy atom. The lowest BCUT2D eigenvalue weighted by Crippen LogP contribution is -2.52. The van der Waals surface area contributed by atoms with Crippen LogP contribution < -0.4 is 10.2 Å². The number of amides is 2. The number of hydrogen-bond donors (Lipinski definition) is 1. The maximum Gasteiger partial charge on any atom is 0.271 e. The van der Waals surface area contributed by atoms with Gasteiger partial charge in [-0.05, 0) is 30.3 Å². The fourth-order valence-corrected chi connectivity index (χ4v) is 5.35. The molecule has 2 aliphatic rings. The number of sulfone groups is 1. The molecule has 0 aromatic heterocycles. The predicted molar refractivity (Wildman–Crippen MR) is 84.3 cm³/mol. The summed E-state index contributed by atoms with van der Waals surface area (Å²) < 4.78 is 66.3. The first-order chi connectivity index (χ1) is 12.2. The van der Waals surface area contributed by atoms with Crippen LogP contribution in [-0.4, -0.2) is 26.0 Å². The van der Waals surface area contributed by atoms with E-state index in [1.54, 1.807) is 0 Å². The number of nitrogens with one attached hydrogen (secondary N) is 1. The fraction of sp³-hybridized carbons (Fsp3) is 0.125. The van der Waals surface area contributed by atoms with Crippen LogP contribution in [0.2, 0.25) is 0 Å². The summed E-state index contributed by atoms with van der Waals surface area (Å²) in [5, 5.41) is 2.31. The Bertz CT molecular complexity index is 1100. The smallest absolute Gasteiger partial charge is 0.271 e. The van der Waals surface area contributed by atoms with Crippen LogP contribution in [0.15, 0.2) is 36.4 Å². The highest BCUT2D eigenvalue weighted by Crippen LogP contribution is 2.50. The highest BCUT2D eigenvalue weighted by Gasteiger charge is 2.68. The second-order valence-electron chi connectivity index (χ2n) is 5.87. The van der Waals surface area contributed by atoms with Crippen LogP contribution in [0.5, 0.6) is 0 Å². The molecular formula is C16H9F3N2O4S. The van der Waals surface area contributed by atoms with Gasteiger partial charge in [0.2, 0.25) is 5.91 Å². The largest absolute Gasteiger partial charge is 0.322 e. The summed E-state index contributed by atoms with van der Waals surface area (Å²) in [6, 6.07) is 5.30. The number of carbonyl (C=O) groups excluding carboxylic acids is 2. The summed E-state index contributed by atoms with van der Waals surface area (Å²) in [6.07, 6.45) is 0. The van der Waals surface area contributed by atoms with Gasteiger partial charge in [-0.25, -0.2) is 21.6 Å². The molecule has 1 fully saturated rings. The van der Waals surface area contributed by atoms with E-state index in [-0.39, 0.29) is 16.9 Å². The molecule has 6 nitrogen and oxygen atoms in total. The number of carbonyl (C=O) groups is 2. The zero-order valence-corrected chi connectivity index (χ0v) is 13.6. The van der Waals surface area contributed by atoms with Crippen LogP contribution >= 0.6 is 0 Å². The summed E-state index contributed by atoms with van der Waals surface area (Å²) in [7, 11) is -4.45. The number of anilines is 2. The van der Waals surface area contributed by atoms with Crippen LogP contribution in [0.3, 0.4) is 0 Å². The molecule has 0 bridgehead atoms. The van der Waals surface area contributed by atoms with Gasteiger partial charge in [-0.2, -0.15) is 0 Å². The molecule has 1 atom stereocenters. The zero-order chi connectivity index (χ0) is 18.9. The van der Waals surface area contributed by atoms with Crippen LogP contribution in [0, 0.1) is 17.5 Å². The van der Waals surface area contributed by atoms with Gasteiger partial charge in [0.1, 0.15) is 11.6 Å². The maximum absolute atomic E-state index is 13.8. The number of benzene rings is 2. The van der Waals surface area contributed by atoms with Crippen molar-refractivity contribution >= 4 is 33.0 Å². The van der Waals surface area contributed by atoms with Crippen molar-refractivity contribution in [1.29, 1.82) is 0 Å². The molecule has 4 rings (SSSR count). The molecule has 134 valence electrons. The number of fused-ring (bicyclic) bond motifs is 2. The minimum atomic E-state index is -4.45. The Morgan fingerprint density at radius 1 is 1.00 bits per heavy atom. The lowest BCUT2D eigenvalue weighted by atomic mass is 10.0. The van der Waals surface area contributed by atoms with E-state index in [4.69, 9.17) is 0 Å². The first-order valence-electron chi connectivity index (χ1n) is 7.30. The Morgan fingerprint density at radius 3 is 2.42 bits per heavy atom. The fourth-order valence-electron chi connectivity index (χ4n) is 3.36. The minimum absolute atomic E-state index is 0.0160. The second-order valence-corrected chi connectivity index (χ2v) is 7.98. The molecule has 10 heteroatoms. The van der Waals surface area contributed by atoms with Crippen molar-refractivity contribution < 1.29 is 31.2 Å². The molecule has 1 N–H and O–H groups in total. The van der Waals surface area contributed by atoms with E-state index in [0.29, 0.717) is 17.0 Å². The molecule has 1 saturated heterocycles. The zero-order valence-electron chi connectivity index (χ0n) is 12.8. The average molecular weight is 382 g/mol. The quantitative estimate of drug-likeness (QED) is 0.813. The predicted octanol–water partition coefficient (Wildman–Crippen LogP) is 1.67. The van der Waals surface area contributed by atoms with Gasteiger partial charge >= 0.3 is 0 Å². The van der Waals surface area contributed by atoms with Crippen molar-refractivity contribution in [2.45, 2.75) is 4.87 Å². The summed E-state index contributed by atoms with van der Waals surface area (Å²) in [5.74, 6) is -6.49. The number of halogens is 3. The lowest BCUT2D eigenvalue weighted by Gasteiger charge is -2.31. The van der Waals surface area contributed by atoms with Gasteiger partial charge in [0.15, 0.2) is 21.5 Å². The van der Waals surface area contributed by atoms with Crippen LogP contribution in [0.25, 0.3) is 0 Å². The molecule has 0 radical (unpaired) electrons. The van der Waals surface area contributed by atoms with Gasteiger partial charge in [-0.1, -0.05) is 0 Å². The van der Waals surface area contributed by atoms with Crippen molar-refractivity contribution in [3.8, 4) is 0 Å². The molecule has 2 aromatic carbocycles. The van der Waals surface area contributed by atoms with Gasteiger partial charge in [-0.3, -0.25) is 14.5 Å². The SMILES string of the molecule is O=C1CS(=O)(=O)C2(C(=O)Nc3ccc(F)cc32)N1c1ccc(F)c(F)c1. The summed E-state index contributed by atoms with van der Waals surface area (Å²) in [6.45, 7) is 0. The number of hydrogen-bond acceptors (Lipinski definition) is 4. The molecule has 2 aliphatic heterocycles. The third-order valence-electron chi connectivity index (χ3n) is 4.39. The normalized spacial score (nSPS) is 23.4. The summed E-state index contributed by atoms with van der Waals surface area (Å²) in [4.78, 5) is 23.1. The number of rotatable bonds is 1. The van der Waals surface area contributed by atoms with Crippen molar-refractivity contribution in [2.24, 2.45) is 0 Å². The van der Waals surface area contributed by atoms with Gasteiger partial charge in [-0.15, -0.1) is 0 Å². The van der Waals surface area contributed by atoms with Crippen molar-refractivity contribution in [1.82, 2.24) is 0 Å². The van der Waals surface area contributed by atoms with E-state index in [2.05, 4.69) is 5.32 Å². The standard InChI is InChI=1S/C16H9F3N2O4S/c17-8-1-4-13-10(5-8)16(15(23)20-13)21(14(22)7-26(16,24)25)9-2-3-11(18)12(19)6-9/h1-6H,7H2,(H,20,23). The monoisotopic (exact) mass is 382 g/mol. The van der Waals surface area contributed by atoms with Gasteiger partial charge < -0.3 is 5.32 Å². The Labute approximate surface area is 145 Å². The van der Waals surface area contributed by atoms with Gasteiger partial charge in [0.05, 0.1) is 0 Å². The lowest BCUT2D eigenvalue weighted by molar-refractivity contribution is -0.122. The molecule has 2 amide bonds. The minimum Gasteiger partial charge on any atom is -0.322 e. The maximum atomic E-state index is 13.8. The molecule has 26 heavy (non-hydrogen) atoms. The van der Waals surface area contributed by atoms with Crippen molar-refractivity contribution in [3.05, 3.63) is 59.4 Å². The topological polar surface area (TPSA) is 83.5 Å². The third-order valence-corrected chi connectivity index (χ3v) is 6.51. The van der Waals surface area contributed by atoms with E-state index < -0.39 is 49.7 Å². The molecule has 2 heterocycles. The summed E-state index contributed by atoms with van der Waals surface area (Å²) in [5.41, 5.74) is -0.595. The molecule has 1 unspecified atom stereocenters. The van der Waals surface area contributed by atoms with E-state index in [1.165, 1.54) is 6.07 Å². The average Bonchev–Trinajstić information content (AvgIpc) is 2.95. The first-order valence-corrected chi connectivity index (χ1v) is 8.95. The third kappa shape index (κ3) is 1.90. The van der Waals surface area contributed by atoms with Gasteiger partial charge in [0.25, 0.3) is 10.8 Å². The van der Waals surface area contributed by atoms with Crippen LogP contribution in [-0.2, 0) is 24.3 Å². The van der Waals surface area contributed by atoms with Crippen LogP contribution in [0.4, 0.5) is 24.5 Å². The second kappa shape index (κ2) is 5.07. The van der Waals surface area contributed by atoms with Crippen LogP contribution in [0.1, 0.15) is 5.56 Å². The van der Waals surface area contributed by atoms with E-state index >= 15 is 0 Å².